The molecule has 1 unspecified atom stereocenters. The van der Waals surface area contributed by atoms with Gasteiger partial charge in [0, 0.05) is 24.7 Å². The van der Waals surface area contributed by atoms with Crippen molar-refractivity contribution < 1.29 is 32.6 Å². The summed E-state index contributed by atoms with van der Waals surface area (Å²) in [4.78, 5) is 33.0. The van der Waals surface area contributed by atoms with Crippen LogP contribution >= 0.6 is 0 Å². The maximum absolute atomic E-state index is 13.1. The zero-order valence-electron chi connectivity index (χ0n) is 26.8. The second kappa shape index (κ2) is 20.4. The summed E-state index contributed by atoms with van der Waals surface area (Å²) >= 11 is 0. The summed E-state index contributed by atoms with van der Waals surface area (Å²) in [5.41, 5.74) is 5.68. The van der Waals surface area contributed by atoms with Crippen molar-refractivity contribution in [1.29, 1.82) is 0 Å². The molecule has 2 amide bonds. The number of amides is 2. The molecule has 0 aliphatic carbocycles. The number of halogens is 2. The van der Waals surface area contributed by atoms with E-state index in [9.17, 15) is 23.2 Å². The van der Waals surface area contributed by atoms with Gasteiger partial charge in [-0.25, -0.2) is 18.4 Å². The van der Waals surface area contributed by atoms with Crippen molar-refractivity contribution in [3.8, 4) is 0 Å². The van der Waals surface area contributed by atoms with Crippen LogP contribution in [-0.4, -0.2) is 55.4 Å². The summed E-state index contributed by atoms with van der Waals surface area (Å²) in [6, 6.07) is 12.3. The number of ketones is 1. The van der Waals surface area contributed by atoms with Crippen LogP contribution in [-0.2, 0) is 9.47 Å². The molecule has 0 heterocycles. The molecule has 0 saturated carbocycles. The second-order valence-corrected chi connectivity index (χ2v) is 11.7. The third-order valence-corrected chi connectivity index (χ3v) is 5.10. The lowest BCUT2D eigenvalue weighted by Gasteiger charge is -2.20. The van der Waals surface area contributed by atoms with Gasteiger partial charge in [0.05, 0.1) is 0 Å². The summed E-state index contributed by atoms with van der Waals surface area (Å²) in [6.07, 6.45) is 0.773. The van der Waals surface area contributed by atoms with Crippen molar-refractivity contribution in [2.45, 2.75) is 85.5 Å². The molecule has 2 aromatic rings. The quantitative estimate of drug-likeness (QED) is 0.184. The predicted octanol–water partition coefficient (Wildman–Crippen LogP) is 6.28. The fourth-order valence-corrected chi connectivity index (χ4v) is 3.12. The highest BCUT2D eigenvalue weighted by atomic mass is 19.1. The Morgan fingerprint density at radius 2 is 1.28 bits per heavy atom. The number of Topliss-reactive ketones (excluding diaryl/α,β-unsaturated/α-hetero) is 1. The van der Waals surface area contributed by atoms with E-state index in [1.807, 2.05) is 54.5 Å². The molecule has 2 rings (SSSR count). The maximum atomic E-state index is 13.1. The van der Waals surface area contributed by atoms with Gasteiger partial charge in [-0.1, -0.05) is 24.3 Å². The minimum absolute atomic E-state index is 0.0715. The number of alkyl carbamates (subject to hydrolysis) is 2. The predicted molar refractivity (Wildman–Crippen MR) is 166 cm³/mol. The molecule has 0 spiro atoms. The van der Waals surface area contributed by atoms with Gasteiger partial charge in [-0.05, 0) is 111 Å². The Bertz CT molecular complexity index is 1120. The van der Waals surface area contributed by atoms with Gasteiger partial charge in [0.2, 0.25) is 0 Å². The highest BCUT2D eigenvalue weighted by Crippen LogP contribution is 2.13. The van der Waals surface area contributed by atoms with Crippen LogP contribution in [0, 0.1) is 11.6 Å². The van der Waals surface area contributed by atoms with Gasteiger partial charge < -0.3 is 31.2 Å². The summed E-state index contributed by atoms with van der Waals surface area (Å²) in [5.74, 6) is -0.708. The molecular formula is C32H50F2N4O5. The van der Waals surface area contributed by atoms with E-state index >= 15 is 0 Å². The van der Waals surface area contributed by atoms with Crippen LogP contribution in [0.25, 0.3) is 0 Å². The number of rotatable bonds is 10. The third kappa shape index (κ3) is 22.7. The second-order valence-electron chi connectivity index (χ2n) is 11.7. The Hall–Kier alpha value is -3.57. The molecule has 0 radical (unpaired) electrons. The Labute approximate surface area is 255 Å². The van der Waals surface area contributed by atoms with E-state index in [0.717, 1.165) is 24.9 Å². The summed E-state index contributed by atoms with van der Waals surface area (Å²) in [5, 5.41) is 8.59. The number of ether oxygens (including phenoxy) is 2. The average Bonchev–Trinajstić information content (AvgIpc) is 2.87. The van der Waals surface area contributed by atoms with Crippen molar-refractivity contribution in [2.75, 3.05) is 26.2 Å². The Kier molecular flexibility index (Phi) is 18.7. The Morgan fingerprint density at radius 1 is 0.791 bits per heavy atom. The third-order valence-electron chi connectivity index (χ3n) is 5.10. The van der Waals surface area contributed by atoms with Gasteiger partial charge in [-0.2, -0.15) is 0 Å². The normalized spacial score (nSPS) is 11.5. The zero-order chi connectivity index (χ0) is 33.1. The first-order chi connectivity index (χ1) is 19.9. The number of hydrogen-bond acceptors (Lipinski definition) is 7. The van der Waals surface area contributed by atoms with Crippen molar-refractivity contribution in [2.24, 2.45) is 5.73 Å². The number of hydrogen-bond donors (Lipinski definition) is 4. The lowest BCUT2D eigenvalue weighted by atomic mass is 10.1. The van der Waals surface area contributed by atoms with E-state index in [0.29, 0.717) is 25.2 Å². The van der Waals surface area contributed by atoms with Crippen LogP contribution in [0.3, 0.4) is 0 Å². The fraction of sp³-hybridized carbons (Fsp3) is 0.531. The number of carbonyl (C=O) groups is 3. The van der Waals surface area contributed by atoms with Gasteiger partial charge in [-0.15, -0.1) is 0 Å². The molecule has 1 atom stereocenters. The lowest BCUT2D eigenvalue weighted by Crippen LogP contribution is -2.34. The Morgan fingerprint density at radius 3 is 1.70 bits per heavy atom. The van der Waals surface area contributed by atoms with Gasteiger partial charge in [0.25, 0.3) is 0 Å². The molecular weight excluding hydrogens is 558 g/mol. The van der Waals surface area contributed by atoms with E-state index in [-0.39, 0.29) is 29.6 Å². The highest BCUT2D eigenvalue weighted by Gasteiger charge is 2.16. The van der Waals surface area contributed by atoms with Crippen molar-refractivity contribution >= 4 is 18.0 Å². The molecule has 0 aromatic heterocycles. The van der Waals surface area contributed by atoms with Crippen LogP contribution in [0.2, 0.25) is 0 Å². The van der Waals surface area contributed by atoms with E-state index in [1.54, 1.807) is 12.1 Å². The van der Waals surface area contributed by atoms with Crippen molar-refractivity contribution in [3.63, 3.8) is 0 Å². The standard InChI is InChI=1S/C16H25FN2O2.C8H7FO.C8H18N2O2/c1-12(13-7-5-8-14(17)11-13)18-9-6-10-19-15(20)21-16(2,3)4;1-6(10)7-3-2-4-8(9)5-7;1-8(2,3)12-7(11)10-6-4-5-9/h5,7-8,11-12,18H,6,9-10H2,1-4H3,(H,19,20);2-5H,1H3;4-6,9H2,1-3H3,(H,10,11). The van der Waals surface area contributed by atoms with Gasteiger partial charge in [0.1, 0.15) is 22.8 Å². The van der Waals surface area contributed by atoms with Crippen molar-refractivity contribution in [1.82, 2.24) is 16.0 Å². The van der Waals surface area contributed by atoms with E-state index in [2.05, 4.69) is 16.0 Å². The van der Waals surface area contributed by atoms with E-state index < -0.39 is 17.3 Å². The van der Waals surface area contributed by atoms with E-state index in [4.69, 9.17) is 15.2 Å². The first kappa shape index (κ1) is 39.4. The highest BCUT2D eigenvalue weighted by molar-refractivity contribution is 5.93. The number of nitrogens with one attached hydrogen (secondary N) is 3. The number of carbonyl (C=O) groups excluding carboxylic acids is 3. The van der Waals surface area contributed by atoms with Gasteiger partial charge >= 0.3 is 12.2 Å². The molecule has 43 heavy (non-hydrogen) atoms. The number of nitrogens with two attached hydrogens (primary N) is 1. The van der Waals surface area contributed by atoms with Gasteiger partial charge in [-0.3, -0.25) is 4.79 Å². The minimum atomic E-state index is -0.478. The molecule has 0 aliphatic heterocycles. The molecule has 0 fully saturated rings. The largest absolute Gasteiger partial charge is 0.444 e. The summed E-state index contributed by atoms with van der Waals surface area (Å²) < 4.78 is 35.6. The fourth-order valence-electron chi connectivity index (χ4n) is 3.12. The SMILES string of the molecule is CC(=O)c1cccc(F)c1.CC(C)(C)OC(=O)NCCCN.CC(NCCCNC(=O)OC(C)(C)C)c1cccc(F)c1. The van der Waals surface area contributed by atoms with Crippen LogP contribution in [0.15, 0.2) is 48.5 Å². The van der Waals surface area contributed by atoms with Crippen molar-refractivity contribution in [3.05, 3.63) is 71.3 Å². The van der Waals surface area contributed by atoms with E-state index in [1.165, 1.54) is 37.3 Å². The molecule has 0 saturated heterocycles. The van der Waals surface area contributed by atoms with Crippen LogP contribution in [0.4, 0.5) is 18.4 Å². The summed E-state index contributed by atoms with van der Waals surface area (Å²) in [7, 11) is 0. The molecule has 5 N–H and O–H groups in total. The molecule has 9 nitrogen and oxygen atoms in total. The van der Waals surface area contributed by atoms with Gasteiger partial charge in [0.15, 0.2) is 5.78 Å². The molecule has 2 aromatic carbocycles. The molecule has 0 bridgehead atoms. The average molecular weight is 609 g/mol. The maximum Gasteiger partial charge on any atom is 0.407 e. The molecule has 0 aliphatic rings. The first-order valence-corrected chi connectivity index (χ1v) is 14.3. The van der Waals surface area contributed by atoms with Crippen LogP contribution in [0.5, 0.6) is 0 Å². The Balaban J connectivity index is 0.000000677. The lowest BCUT2D eigenvalue weighted by molar-refractivity contribution is 0.0516. The van der Waals surface area contributed by atoms with Crippen LogP contribution < -0.4 is 21.7 Å². The topological polar surface area (TPSA) is 132 Å². The zero-order valence-corrected chi connectivity index (χ0v) is 26.8. The molecule has 11 heteroatoms. The molecule has 242 valence electrons. The minimum Gasteiger partial charge on any atom is -0.444 e. The first-order valence-electron chi connectivity index (χ1n) is 14.3. The van der Waals surface area contributed by atoms with Crippen LogP contribution in [0.1, 0.15) is 90.2 Å². The monoisotopic (exact) mass is 608 g/mol. The smallest absolute Gasteiger partial charge is 0.407 e. The number of benzene rings is 2. The summed E-state index contributed by atoms with van der Waals surface area (Å²) in [6.45, 7) is 16.8.